The van der Waals surface area contributed by atoms with Crippen molar-refractivity contribution in [3.63, 3.8) is 0 Å². The zero-order valence-corrected chi connectivity index (χ0v) is 9.38. The van der Waals surface area contributed by atoms with Crippen LogP contribution in [0.4, 0.5) is 4.39 Å². The maximum atomic E-state index is 13.3. The van der Waals surface area contributed by atoms with E-state index in [0.29, 0.717) is 4.47 Å². The van der Waals surface area contributed by atoms with Gasteiger partial charge in [-0.3, -0.25) is 0 Å². The van der Waals surface area contributed by atoms with Crippen molar-refractivity contribution in [2.75, 3.05) is 13.7 Å². The van der Waals surface area contributed by atoms with Gasteiger partial charge in [-0.05, 0) is 12.1 Å². The van der Waals surface area contributed by atoms with E-state index in [9.17, 15) is 9.18 Å². The van der Waals surface area contributed by atoms with Gasteiger partial charge in [-0.25, -0.2) is 9.18 Å². The van der Waals surface area contributed by atoms with E-state index in [0.717, 1.165) is 0 Å². The number of hydrogen-bond acceptors (Lipinski definition) is 3. The topological polar surface area (TPSA) is 55.8 Å². The monoisotopic (exact) mass is 278 g/mol. The van der Waals surface area contributed by atoms with E-state index < -0.39 is 18.4 Å². The maximum absolute atomic E-state index is 13.3. The van der Waals surface area contributed by atoms with Crippen LogP contribution in [0.1, 0.15) is 0 Å². The van der Waals surface area contributed by atoms with Crippen LogP contribution in [0, 0.1) is 5.82 Å². The molecule has 0 saturated carbocycles. The van der Waals surface area contributed by atoms with Crippen molar-refractivity contribution < 1.29 is 23.8 Å². The van der Waals surface area contributed by atoms with Crippen molar-refractivity contribution in [1.29, 1.82) is 0 Å². The minimum Gasteiger partial charge on any atom is -0.490 e. The van der Waals surface area contributed by atoms with E-state index in [1.165, 1.54) is 19.2 Å². The summed E-state index contributed by atoms with van der Waals surface area (Å²) in [5.41, 5.74) is 0. The lowest BCUT2D eigenvalue weighted by Crippen LogP contribution is -2.10. The molecule has 0 aliphatic rings. The normalized spacial score (nSPS) is 9.80. The largest absolute Gasteiger partial charge is 0.490 e. The summed E-state index contributed by atoms with van der Waals surface area (Å²) in [6, 6.07) is 2.64. The van der Waals surface area contributed by atoms with Crippen molar-refractivity contribution in [2.24, 2.45) is 0 Å². The second-order valence-electron chi connectivity index (χ2n) is 2.60. The predicted molar refractivity (Wildman–Crippen MR) is 53.8 cm³/mol. The van der Waals surface area contributed by atoms with Crippen LogP contribution in [0.25, 0.3) is 0 Å². The molecule has 0 aliphatic heterocycles. The number of aliphatic carboxylic acids is 1. The van der Waals surface area contributed by atoms with Gasteiger partial charge in [0.2, 0.25) is 0 Å². The van der Waals surface area contributed by atoms with Gasteiger partial charge in [0.25, 0.3) is 0 Å². The highest BCUT2D eigenvalue weighted by Crippen LogP contribution is 2.33. The average molecular weight is 279 g/mol. The number of rotatable bonds is 4. The Morgan fingerprint density at radius 2 is 2.27 bits per heavy atom. The van der Waals surface area contributed by atoms with Gasteiger partial charge in [-0.15, -0.1) is 0 Å². The van der Waals surface area contributed by atoms with Crippen LogP contribution < -0.4 is 9.47 Å². The third-order valence-electron chi connectivity index (χ3n) is 1.53. The Bertz CT molecular complexity index is 381. The summed E-state index contributed by atoms with van der Waals surface area (Å²) in [7, 11) is 1.28. The SMILES string of the molecule is COc1c(F)cc(Br)cc1OCC(=O)O. The van der Waals surface area contributed by atoms with Crippen LogP contribution >= 0.6 is 15.9 Å². The average Bonchev–Trinajstić information content (AvgIpc) is 2.13. The summed E-state index contributed by atoms with van der Waals surface area (Å²) in [5, 5.41) is 8.41. The van der Waals surface area contributed by atoms with Crippen molar-refractivity contribution in [2.45, 2.75) is 0 Å². The molecule has 0 bridgehead atoms. The van der Waals surface area contributed by atoms with Gasteiger partial charge >= 0.3 is 5.97 Å². The molecule has 82 valence electrons. The third kappa shape index (κ3) is 3.09. The standard InChI is InChI=1S/C9H8BrFO4/c1-14-9-6(11)2-5(10)3-7(9)15-4-8(12)13/h2-3H,4H2,1H3,(H,12,13). The molecule has 1 N–H and O–H groups in total. The highest BCUT2D eigenvalue weighted by atomic mass is 79.9. The zero-order chi connectivity index (χ0) is 11.4. The van der Waals surface area contributed by atoms with Crippen molar-refractivity contribution in [3.05, 3.63) is 22.4 Å². The summed E-state index contributed by atoms with van der Waals surface area (Å²) in [6.45, 7) is -0.549. The Morgan fingerprint density at radius 3 is 2.80 bits per heavy atom. The third-order valence-corrected chi connectivity index (χ3v) is 1.99. The quantitative estimate of drug-likeness (QED) is 0.916. The lowest BCUT2D eigenvalue weighted by atomic mass is 10.3. The molecule has 15 heavy (non-hydrogen) atoms. The summed E-state index contributed by atoms with van der Waals surface area (Å²) in [5.74, 6) is -1.82. The van der Waals surface area contributed by atoms with E-state index in [1.807, 2.05) is 0 Å². The summed E-state index contributed by atoms with van der Waals surface area (Å²) >= 11 is 3.06. The van der Waals surface area contributed by atoms with Gasteiger partial charge in [0, 0.05) is 4.47 Å². The molecule has 0 radical (unpaired) electrons. The van der Waals surface area contributed by atoms with Gasteiger partial charge in [-0.1, -0.05) is 15.9 Å². The van der Waals surface area contributed by atoms with E-state index in [4.69, 9.17) is 14.6 Å². The second-order valence-corrected chi connectivity index (χ2v) is 3.52. The van der Waals surface area contributed by atoms with Gasteiger partial charge in [-0.2, -0.15) is 0 Å². The van der Waals surface area contributed by atoms with Gasteiger partial charge in [0.1, 0.15) is 0 Å². The van der Waals surface area contributed by atoms with E-state index in [1.54, 1.807) is 0 Å². The Kier molecular flexibility index (Phi) is 3.90. The van der Waals surface area contributed by atoms with Crippen LogP contribution in [0.2, 0.25) is 0 Å². The summed E-state index contributed by atoms with van der Waals surface area (Å²) < 4.78 is 23.3. The highest BCUT2D eigenvalue weighted by Gasteiger charge is 2.13. The summed E-state index contributed by atoms with van der Waals surface area (Å²) in [4.78, 5) is 10.3. The predicted octanol–water partition coefficient (Wildman–Crippen LogP) is 2.06. The number of hydrogen-bond donors (Lipinski definition) is 1. The van der Waals surface area contributed by atoms with E-state index >= 15 is 0 Å². The minimum atomic E-state index is -1.14. The van der Waals surface area contributed by atoms with Gasteiger partial charge in [0.05, 0.1) is 7.11 Å². The molecule has 1 aromatic carbocycles. The van der Waals surface area contributed by atoms with Gasteiger partial charge in [0.15, 0.2) is 23.9 Å². The van der Waals surface area contributed by atoms with Crippen molar-refractivity contribution in [1.82, 2.24) is 0 Å². The lowest BCUT2D eigenvalue weighted by Gasteiger charge is -2.10. The maximum Gasteiger partial charge on any atom is 0.341 e. The van der Waals surface area contributed by atoms with Gasteiger partial charge < -0.3 is 14.6 Å². The number of carboxylic acid groups (broad SMARTS) is 1. The van der Waals surface area contributed by atoms with Crippen LogP contribution in [0.5, 0.6) is 11.5 Å². The van der Waals surface area contributed by atoms with Crippen LogP contribution in [-0.2, 0) is 4.79 Å². The Labute approximate surface area is 93.7 Å². The molecule has 1 rings (SSSR count). The Balaban J connectivity index is 2.98. The molecule has 0 heterocycles. The molecule has 0 amide bonds. The first-order chi connectivity index (χ1) is 7.04. The fourth-order valence-electron chi connectivity index (χ4n) is 0.982. The fourth-order valence-corrected chi connectivity index (χ4v) is 1.39. The first-order valence-electron chi connectivity index (χ1n) is 3.92. The molecule has 0 unspecified atom stereocenters. The number of benzene rings is 1. The van der Waals surface area contributed by atoms with E-state index in [-0.39, 0.29) is 11.5 Å². The summed E-state index contributed by atoms with van der Waals surface area (Å²) in [6.07, 6.45) is 0. The molecule has 4 nitrogen and oxygen atoms in total. The smallest absolute Gasteiger partial charge is 0.341 e. The number of carboxylic acids is 1. The molecule has 0 fully saturated rings. The number of ether oxygens (including phenoxy) is 2. The Hall–Kier alpha value is -1.30. The second kappa shape index (κ2) is 4.97. The molecular weight excluding hydrogens is 271 g/mol. The Morgan fingerprint density at radius 1 is 1.60 bits per heavy atom. The first-order valence-corrected chi connectivity index (χ1v) is 4.71. The molecular formula is C9H8BrFO4. The van der Waals surface area contributed by atoms with Crippen molar-refractivity contribution in [3.8, 4) is 11.5 Å². The number of halogens is 2. The minimum absolute atomic E-state index is 0.0479. The molecule has 6 heteroatoms. The first kappa shape index (κ1) is 11.8. The molecule has 0 atom stereocenters. The lowest BCUT2D eigenvalue weighted by molar-refractivity contribution is -0.139. The number of methoxy groups -OCH3 is 1. The van der Waals surface area contributed by atoms with Crippen LogP contribution in [0.15, 0.2) is 16.6 Å². The molecule has 1 aromatic rings. The molecule has 0 aliphatic carbocycles. The van der Waals surface area contributed by atoms with Crippen molar-refractivity contribution >= 4 is 21.9 Å². The fraction of sp³-hybridized carbons (Fsp3) is 0.222. The van der Waals surface area contributed by atoms with E-state index in [2.05, 4.69) is 15.9 Å². The molecule has 0 spiro atoms. The molecule has 0 aromatic heterocycles. The molecule has 0 saturated heterocycles. The number of carbonyl (C=O) groups is 1. The highest BCUT2D eigenvalue weighted by molar-refractivity contribution is 9.10. The van der Waals surface area contributed by atoms with Crippen LogP contribution in [-0.4, -0.2) is 24.8 Å². The van der Waals surface area contributed by atoms with Crippen LogP contribution in [0.3, 0.4) is 0 Å². The zero-order valence-electron chi connectivity index (χ0n) is 7.79.